The van der Waals surface area contributed by atoms with E-state index in [1.807, 2.05) is 37.3 Å². The van der Waals surface area contributed by atoms with Crippen LogP contribution in [0.15, 0.2) is 36.5 Å². The first-order chi connectivity index (χ1) is 8.70. The van der Waals surface area contributed by atoms with Gasteiger partial charge >= 0.3 is 0 Å². The van der Waals surface area contributed by atoms with Crippen LogP contribution in [-0.4, -0.2) is 22.3 Å². The maximum atomic E-state index is 12.0. The van der Waals surface area contributed by atoms with Crippen molar-refractivity contribution in [2.24, 2.45) is 0 Å². The highest BCUT2D eigenvalue weighted by Crippen LogP contribution is 2.13. The van der Waals surface area contributed by atoms with Gasteiger partial charge in [-0.3, -0.25) is 9.78 Å². The van der Waals surface area contributed by atoms with E-state index in [1.54, 1.807) is 6.20 Å². The van der Waals surface area contributed by atoms with Gasteiger partial charge in [-0.25, -0.2) is 0 Å². The Morgan fingerprint density at radius 1 is 1.44 bits per heavy atom. The Hall–Kier alpha value is -1.42. The van der Waals surface area contributed by atoms with Gasteiger partial charge < -0.3 is 5.32 Å². The molecule has 94 valence electrons. The van der Waals surface area contributed by atoms with Gasteiger partial charge in [-0.2, -0.15) is 0 Å². The summed E-state index contributed by atoms with van der Waals surface area (Å²) in [6, 6.07) is 9.56. The number of halogens is 1. The van der Waals surface area contributed by atoms with Crippen molar-refractivity contribution in [2.45, 2.75) is 19.4 Å². The molecular weight excluding hydrogens is 292 g/mol. The summed E-state index contributed by atoms with van der Waals surface area (Å²) in [4.78, 5) is 16.3. The van der Waals surface area contributed by atoms with Crippen LogP contribution < -0.4 is 5.32 Å². The van der Waals surface area contributed by atoms with Gasteiger partial charge in [-0.1, -0.05) is 22.0 Å². The van der Waals surface area contributed by atoms with E-state index in [9.17, 15) is 4.79 Å². The number of carbonyl (C=O) groups excluding carboxylic acids is 1. The fourth-order valence-electron chi connectivity index (χ4n) is 1.76. The van der Waals surface area contributed by atoms with Gasteiger partial charge in [0.2, 0.25) is 0 Å². The van der Waals surface area contributed by atoms with E-state index in [-0.39, 0.29) is 11.9 Å². The molecule has 3 nitrogen and oxygen atoms in total. The van der Waals surface area contributed by atoms with Crippen LogP contribution >= 0.6 is 15.9 Å². The number of aromatic nitrogens is 1. The van der Waals surface area contributed by atoms with Gasteiger partial charge in [0.1, 0.15) is 0 Å². The second-order valence-corrected chi connectivity index (χ2v) is 5.06. The summed E-state index contributed by atoms with van der Waals surface area (Å²) in [5.74, 6) is -0.0331. The largest absolute Gasteiger partial charge is 0.350 e. The Labute approximate surface area is 115 Å². The average Bonchev–Trinajstić information content (AvgIpc) is 2.38. The summed E-state index contributed by atoms with van der Waals surface area (Å²) in [5, 5.41) is 4.84. The Bertz CT molecular complexity index is 556. The molecule has 1 aromatic heterocycles. The van der Waals surface area contributed by atoms with Crippen molar-refractivity contribution in [3.63, 3.8) is 0 Å². The smallest absolute Gasteiger partial charge is 0.251 e. The molecule has 2 aromatic rings. The highest BCUT2D eigenvalue weighted by atomic mass is 79.9. The standard InChI is InChI=1S/C14H15BrN2O/c1-10(6-7-15)17-14(18)12-4-5-13-11(9-12)3-2-8-16-13/h2-5,8-10H,6-7H2,1H3,(H,17,18). The second kappa shape index (κ2) is 5.96. The lowest BCUT2D eigenvalue weighted by molar-refractivity contribution is 0.0939. The summed E-state index contributed by atoms with van der Waals surface area (Å²) < 4.78 is 0. The molecule has 0 fully saturated rings. The third-order valence-corrected chi connectivity index (χ3v) is 3.24. The van der Waals surface area contributed by atoms with E-state index in [2.05, 4.69) is 26.2 Å². The molecule has 0 aliphatic rings. The van der Waals surface area contributed by atoms with Crippen molar-refractivity contribution < 1.29 is 4.79 Å². The maximum Gasteiger partial charge on any atom is 0.251 e. The normalized spacial score (nSPS) is 12.3. The molecule has 0 radical (unpaired) electrons. The summed E-state index contributed by atoms with van der Waals surface area (Å²) in [7, 11) is 0. The first-order valence-electron chi connectivity index (χ1n) is 5.92. The molecule has 0 saturated heterocycles. The fraction of sp³-hybridized carbons (Fsp3) is 0.286. The Morgan fingerprint density at radius 2 is 2.28 bits per heavy atom. The predicted octanol–water partition coefficient (Wildman–Crippen LogP) is 3.14. The van der Waals surface area contributed by atoms with Crippen LogP contribution in [0.25, 0.3) is 10.9 Å². The number of carbonyl (C=O) groups is 1. The zero-order valence-electron chi connectivity index (χ0n) is 10.2. The molecule has 1 N–H and O–H groups in total. The number of pyridine rings is 1. The van der Waals surface area contributed by atoms with Gasteiger partial charge in [-0.05, 0) is 37.6 Å². The van der Waals surface area contributed by atoms with Crippen LogP contribution in [0.3, 0.4) is 0 Å². The van der Waals surface area contributed by atoms with Crippen LogP contribution in [0.4, 0.5) is 0 Å². The molecule has 0 bridgehead atoms. The van der Waals surface area contributed by atoms with E-state index in [4.69, 9.17) is 0 Å². The number of nitrogens with one attached hydrogen (secondary N) is 1. The minimum atomic E-state index is -0.0331. The van der Waals surface area contributed by atoms with Gasteiger partial charge in [0, 0.05) is 28.5 Å². The predicted molar refractivity (Wildman–Crippen MR) is 77.1 cm³/mol. The quantitative estimate of drug-likeness (QED) is 0.882. The molecule has 0 saturated carbocycles. The number of rotatable bonds is 4. The minimum absolute atomic E-state index is 0.0331. The van der Waals surface area contributed by atoms with Crippen LogP contribution in [-0.2, 0) is 0 Å². The van der Waals surface area contributed by atoms with Crippen molar-refractivity contribution in [3.05, 3.63) is 42.1 Å². The van der Waals surface area contributed by atoms with Crippen molar-refractivity contribution in [1.82, 2.24) is 10.3 Å². The lowest BCUT2D eigenvalue weighted by atomic mass is 10.1. The van der Waals surface area contributed by atoms with Gasteiger partial charge in [0.15, 0.2) is 0 Å². The van der Waals surface area contributed by atoms with E-state index >= 15 is 0 Å². The number of hydrogen-bond donors (Lipinski definition) is 1. The molecule has 2 rings (SSSR count). The van der Waals surface area contributed by atoms with Crippen LogP contribution in [0.2, 0.25) is 0 Å². The topological polar surface area (TPSA) is 42.0 Å². The molecule has 1 atom stereocenters. The summed E-state index contributed by atoms with van der Waals surface area (Å²) in [6.07, 6.45) is 2.67. The molecule has 18 heavy (non-hydrogen) atoms. The fourth-order valence-corrected chi connectivity index (χ4v) is 2.45. The van der Waals surface area contributed by atoms with Crippen LogP contribution in [0.1, 0.15) is 23.7 Å². The SMILES string of the molecule is CC(CCBr)NC(=O)c1ccc2ncccc2c1. The molecule has 0 spiro atoms. The lowest BCUT2D eigenvalue weighted by Crippen LogP contribution is -2.32. The molecule has 1 heterocycles. The third kappa shape index (κ3) is 3.07. The van der Waals surface area contributed by atoms with E-state index in [0.717, 1.165) is 22.7 Å². The molecule has 4 heteroatoms. The van der Waals surface area contributed by atoms with Crippen molar-refractivity contribution in [1.29, 1.82) is 0 Å². The Morgan fingerprint density at radius 3 is 3.06 bits per heavy atom. The molecule has 1 aromatic carbocycles. The summed E-state index contributed by atoms with van der Waals surface area (Å²) in [6.45, 7) is 2.00. The average molecular weight is 307 g/mol. The molecule has 1 unspecified atom stereocenters. The summed E-state index contributed by atoms with van der Waals surface area (Å²) in [5.41, 5.74) is 1.58. The van der Waals surface area contributed by atoms with Crippen molar-refractivity contribution in [2.75, 3.05) is 5.33 Å². The molecule has 1 amide bonds. The number of hydrogen-bond acceptors (Lipinski definition) is 2. The number of amides is 1. The third-order valence-electron chi connectivity index (χ3n) is 2.78. The highest BCUT2D eigenvalue weighted by molar-refractivity contribution is 9.09. The van der Waals surface area contributed by atoms with E-state index in [1.165, 1.54) is 0 Å². The highest BCUT2D eigenvalue weighted by Gasteiger charge is 2.09. The first-order valence-corrected chi connectivity index (χ1v) is 7.04. The van der Waals surface area contributed by atoms with Crippen LogP contribution in [0.5, 0.6) is 0 Å². The number of fused-ring (bicyclic) bond motifs is 1. The minimum Gasteiger partial charge on any atom is -0.350 e. The second-order valence-electron chi connectivity index (χ2n) is 4.26. The lowest BCUT2D eigenvalue weighted by Gasteiger charge is -2.12. The zero-order valence-corrected chi connectivity index (χ0v) is 11.8. The number of nitrogens with zero attached hydrogens (tertiary/aromatic N) is 1. The summed E-state index contributed by atoms with van der Waals surface area (Å²) >= 11 is 3.37. The van der Waals surface area contributed by atoms with Crippen molar-refractivity contribution in [3.8, 4) is 0 Å². The van der Waals surface area contributed by atoms with E-state index < -0.39 is 0 Å². The maximum absolute atomic E-state index is 12.0. The Balaban J connectivity index is 2.17. The number of benzene rings is 1. The van der Waals surface area contributed by atoms with Crippen LogP contribution in [0, 0.1) is 0 Å². The molecule has 0 aliphatic carbocycles. The van der Waals surface area contributed by atoms with Gasteiger partial charge in [-0.15, -0.1) is 0 Å². The molecular formula is C14H15BrN2O. The number of alkyl halides is 1. The zero-order chi connectivity index (χ0) is 13.0. The van der Waals surface area contributed by atoms with Gasteiger partial charge in [0.25, 0.3) is 5.91 Å². The first kappa shape index (κ1) is 13.0. The van der Waals surface area contributed by atoms with E-state index in [0.29, 0.717) is 5.56 Å². The van der Waals surface area contributed by atoms with Gasteiger partial charge in [0.05, 0.1) is 5.52 Å². The van der Waals surface area contributed by atoms with Crippen molar-refractivity contribution >= 4 is 32.7 Å². The monoisotopic (exact) mass is 306 g/mol. The Kier molecular flexibility index (Phi) is 4.31. The molecule has 0 aliphatic heterocycles.